The van der Waals surface area contributed by atoms with Gasteiger partial charge in [-0.05, 0) is 24.6 Å². The average molecular weight is 308 g/mol. The van der Waals surface area contributed by atoms with E-state index in [4.69, 9.17) is 14.2 Å². The van der Waals surface area contributed by atoms with E-state index >= 15 is 0 Å². The number of fused-ring (bicyclic) bond motifs is 1. The molecule has 3 rings (SSSR count). The van der Waals surface area contributed by atoms with E-state index in [9.17, 15) is 9.90 Å². The Hall–Kier alpha value is -1.83. The van der Waals surface area contributed by atoms with Crippen LogP contribution in [0, 0.1) is 5.92 Å². The minimum absolute atomic E-state index is 0.00933. The number of hydrazine groups is 1. The first-order valence-electron chi connectivity index (χ1n) is 7.25. The van der Waals surface area contributed by atoms with Gasteiger partial charge in [0.1, 0.15) is 6.23 Å². The van der Waals surface area contributed by atoms with Gasteiger partial charge < -0.3 is 19.3 Å². The molecule has 7 nitrogen and oxygen atoms in total. The van der Waals surface area contributed by atoms with Crippen molar-refractivity contribution in [3.05, 3.63) is 23.8 Å². The van der Waals surface area contributed by atoms with E-state index in [-0.39, 0.29) is 37.1 Å². The summed E-state index contributed by atoms with van der Waals surface area (Å²) >= 11 is 0. The van der Waals surface area contributed by atoms with Crippen molar-refractivity contribution in [2.75, 3.05) is 13.9 Å². The maximum Gasteiger partial charge on any atom is 0.306 e. The highest BCUT2D eigenvalue weighted by atomic mass is 16.7. The van der Waals surface area contributed by atoms with Gasteiger partial charge in [0, 0.05) is 17.9 Å². The quantitative estimate of drug-likeness (QED) is 0.698. The van der Waals surface area contributed by atoms with Gasteiger partial charge >= 0.3 is 5.97 Å². The molecule has 2 aliphatic heterocycles. The van der Waals surface area contributed by atoms with E-state index in [0.717, 1.165) is 5.56 Å². The van der Waals surface area contributed by atoms with E-state index in [1.807, 2.05) is 25.1 Å². The van der Waals surface area contributed by atoms with E-state index in [1.165, 1.54) is 7.11 Å². The van der Waals surface area contributed by atoms with Crippen LogP contribution in [0.25, 0.3) is 0 Å². The second kappa shape index (κ2) is 6.12. The van der Waals surface area contributed by atoms with Crippen molar-refractivity contribution in [3.8, 4) is 11.5 Å². The fourth-order valence-electron chi connectivity index (χ4n) is 3.13. The van der Waals surface area contributed by atoms with Crippen LogP contribution in [0.3, 0.4) is 0 Å². The van der Waals surface area contributed by atoms with Crippen molar-refractivity contribution in [3.63, 3.8) is 0 Å². The van der Waals surface area contributed by atoms with Gasteiger partial charge in [-0.3, -0.25) is 10.2 Å². The third-order valence-electron chi connectivity index (χ3n) is 4.30. The van der Waals surface area contributed by atoms with Gasteiger partial charge in [-0.1, -0.05) is 6.07 Å². The number of ether oxygens (including phenoxy) is 3. The van der Waals surface area contributed by atoms with Crippen LogP contribution in [0.15, 0.2) is 18.2 Å². The maximum atomic E-state index is 11.8. The first-order chi connectivity index (χ1) is 10.6. The molecule has 4 unspecified atom stereocenters. The summed E-state index contributed by atoms with van der Waals surface area (Å²) in [5.41, 5.74) is 6.73. The number of aliphatic hydroxyl groups is 1. The largest absolute Gasteiger partial charge is 0.469 e. The molecular weight excluding hydrogens is 288 g/mol. The zero-order valence-electron chi connectivity index (χ0n) is 12.5. The number of methoxy groups -OCH3 is 1. The number of nitrogens with one attached hydrogen (secondary N) is 2. The Bertz CT molecular complexity index is 555. The van der Waals surface area contributed by atoms with E-state index in [2.05, 4.69) is 10.9 Å². The van der Waals surface area contributed by atoms with Crippen LogP contribution in [-0.4, -0.2) is 37.2 Å². The molecule has 2 heterocycles. The van der Waals surface area contributed by atoms with Crippen LogP contribution in [0.4, 0.5) is 0 Å². The molecule has 1 saturated heterocycles. The normalized spacial score (nSPS) is 27.7. The second-order valence-corrected chi connectivity index (χ2v) is 5.60. The Morgan fingerprint density at radius 2 is 2.18 bits per heavy atom. The summed E-state index contributed by atoms with van der Waals surface area (Å²) in [7, 11) is 1.37. The molecule has 0 saturated carbocycles. The molecule has 0 aliphatic carbocycles. The third kappa shape index (κ3) is 2.75. The number of aliphatic hydroxyl groups excluding tert-OH is 1. The van der Waals surface area contributed by atoms with Gasteiger partial charge in [-0.25, -0.2) is 5.43 Å². The highest BCUT2D eigenvalue weighted by molar-refractivity contribution is 5.70. The number of benzene rings is 1. The second-order valence-electron chi connectivity index (χ2n) is 5.60. The van der Waals surface area contributed by atoms with Crippen molar-refractivity contribution < 1.29 is 24.1 Å². The molecule has 1 fully saturated rings. The highest BCUT2D eigenvalue weighted by Gasteiger charge is 2.40. The fraction of sp³-hybridized carbons (Fsp3) is 0.533. The summed E-state index contributed by atoms with van der Waals surface area (Å²) in [5.74, 6) is 0.674. The lowest BCUT2D eigenvalue weighted by Gasteiger charge is -2.27. The van der Waals surface area contributed by atoms with Gasteiger partial charge in [0.15, 0.2) is 11.5 Å². The molecule has 0 radical (unpaired) electrons. The predicted octanol–water partition coefficient (Wildman–Crippen LogP) is 0.493. The highest BCUT2D eigenvalue weighted by Crippen LogP contribution is 2.40. The van der Waals surface area contributed by atoms with Crippen LogP contribution in [0.5, 0.6) is 11.5 Å². The van der Waals surface area contributed by atoms with Crippen molar-refractivity contribution in [1.82, 2.24) is 10.9 Å². The number of hydrogen-bond acceptors (Lipinski definition) is 7. The third-order valence-corrected chi connectivity index (χ3v) is 4.30. The van der Waals surface area contributed by atoms with Gasteiger partial charge in [0.2, 0.25) is 6.79 Å². The molecule has 0 bridgehead atoms. The topological polar surface area (TPSA) is 89.1 Å². The van der Waals surface area contributed by atoms with Crippen molar-refractivity contribution in [2.45, 2.75) is 31.5 Å². The van der Waals surface area contributed by atoms with E-state index in [1.54, 1.807) is 0 Å². The summed E-state index contributed by atoms with van der Waals surface area (Å²) < 4.78 is 15.5. The number of carbonyl (C=O) groups is 1. The van der Waals surface area contributed by atoms with E-state index in [0.29, 0.717) is 11.5 Å². The minimum Gasteiger partial charge on any atom is -0.469 e. The number of hydrogen-bond donors (Lipinski definition) is 3. The van der Waals surface area contributed by atoms with Crippen molar-refractivity contribution >= 4 is 5.97 Å². The Labute approximate surface area is 128 Å². The first-order valence-corrected chi connectivity index (χ1v) is 7.25. The summed E-state index contributed by atoms with van der Waals surface area (Å²) in [6, 6.07) is 5.61. The molecule has 0 aromatic heterocycles. The number of esters is 1. The van der Waals surface area contributed by atoms with Gasteiger partial charge in [-0.2, -0.15) is 0 Å². The summed E-state index contributed by atoms with van der Waals surface area (Å²) in [5, 5.41) is 10.2. The summed E-state index contributed by atoms with van der Waals surface area (Å²) in [4.78, 5) is 11.8. The zero-order chi connectivity index (χ0) is 15.7. The molecule has 120 valence electrons. The Kier molecular flexibility index (Phi) is 4.19. The molecule has 2 aliphatic rings. The Morgan fingerprint density at radius 3 is 2.86 bits per heavy atom. The molecule has 1 aromatic rings. The molecule has 0 spiro atoms. The van der Waals surface area contributed by atoms with Crippen LogP contribution in [0.2, 0.25) is 0 Å². The predicted molar refractivity (Wildman–Crippen MR) is 77.2 cm³/mol. The number of carbonyl (C=O) groups excluding carboxylic acids is 1. The lowest BCUT2D eigenvalue weighted by Crippen LogP contribution is -2.33. The zero-order valence-corrected chi connectivity index (χ0v) is 12.5. The summed E-state index contributed by atoms with van der Waals surface area (Å²) in [6.07, 6.45) is -0.555. The smallest absolute Gasteiger partial charge is 0.306 e. The molecule has 22 heavy (non-hydrogen) atoms. The van der Waals surface area contributed by atoms with Crippen LogP contribution < -0.4 is 20.3 Å². The van der Waals surface area contributed by atoms with Crippen molar-refractivity contribution in [2.24, 2.45) is 5.92 Å². The van der Waals surface area contributed by atoms with Crippen LogP contribution in [0.1, 0.15) is 24.8 Å². The maximum absolute atomic E-state index is 11.8. The molecule has 0 amide bonds. The SMILES string of the molecule is COC(=O)CC(c1ccc2c(c1)OCO2)C1C(C)NNC1O. The van der Waals surface area contributed by atoms with Gasteiger partial charge in [0.05, 0.1) is 13.5 Å². The lowest BCUT2D eigenvalue weighted by atomic mass is 9.79. The average Bonchev–Trinajstić information content (AvgIpc) is 3.11. The van der Waals surface area contributed by atoms with Crippen LogP contribution >= 0.6 is 0 Å². The molecular formula is C15H20N2O5. The molecule has 7 heteroatoms. The Morgan fingerprint density at radius 1 is 1.41 bits per heavy atom. The Balaban J connectivity index is 1.92. The van der Waals surface area contributed by atoms with Gasteiger partial charge in [0.25, 0.3) is 0 Å². The van der Waals surface area contributed by atoms with E-state index < -0.39 is 6.23 Å². The molecule has 3 N–H and O–H groups in total. The monoisotopic (exact) mass is 308 g/mol. The van der Waals surface area contributed by atoms with Crippen molar-refractivity contribution in [1.29, 1.82) is 0 Å². The standard InChI is InChI=1S/C15H20N2O5/c1-8-14(15(19)17-16-8)10(6-13(18)20-2)9-3-4-11-12(5-9)22-7-21-11/h3-5,8,10,14-17,19H,6-7H2,1-2H3. The summed E-state index contributed by atoms with van der Waals surface area (Å²) in [6.45, 7) is 2.16. The number of rotatable bonds is 4. The molecule has 1 aromatic carbocycles. The van der Waals surface area contributed by atoms with Gasteiger partial charge in [-0.15, -0.1) is 0 Å². The lowest BCUT2D eigenvalue weighted by molar-refractivity contribution is -0.141. The fourth-order valence-corrected chi connectivity index (χ4v) is 3.13. The first kappa shape index (κ1) is 15.1. The van der Waals surface area contributed by atoms with Crippen LogP contribution in [-0.2, 0) is 9.53 Å². The molecule has 4 atom stereocenters. The minimum atomic E-state index is -0.741.